The van der Waals surface area contributed by atoms with Crippen LogP contribution >= 0.6 is 0 Å². The molecule has 0 amide bonds. The molecule has 3 unspecified atom stereocenters. The first-order chi connectivity index (χ1) is 12.8. The quantitative estimate of drug-likeness (QED) is 0.737. The van der Waals surface area contributed by atoms with Gasteiger partial charge in [0.05, 0.1) is 5.56 Å². The summed E-state index contributed by atoms with van der Waals surface area (Å²) in [5, 5.41) is 9.93. The third-order valence-corrected chi connectivity index (χ3v) is 6.29. The van der Waals surface area contributed by atoms with Crippen LogP contribution in [0.1, 0.15) is 37.3 Å². The van der Waals surface area contributed by atoms with E-state index in [1.54, 1.807) is 6.07 Å². The van der Waals surface area contributed by atoms with E-state index in [1.165, 1.54) is 12.1 Å². The fourth-order valence-electron chi connectivity index (χ4n) is 4.97. The van der Waals surface area contributed by atoms with Crippen molar-refractivity contribution < 1.29 is 17.9 Å². The van der Waals surface area contributed by atoms with Gasteiger partial charge in [0.25, 0.3) is 0 Å². The Kier molecular flexibility index (Phi) is 4.13. The molecule has 1 aromatic carbocycles. The monoisotopic (exact) mass is 378 g/mol. The number of hydrazine groups is 1. The van der Waals surface area contributed by atoms with E-state index in [2.05, 4.69) is 16.9 Å². The maximum absolute atomic E-state index is 13.4. The van der Waals surface area contributed by atoms with Crippen LogP contribution in [0.5, 0.6) is 0 Å². The Morgan fingerprint density at radius 1 is 1.30 bits per heavy atom. The molecule has 4 rings (SSSR count). The lowest BCUT2D eigenvalue weighted by atomic mass is 9.51. The van der Waals surface area contributed by atoms with Crippen LogP contribution in [0.25, 0.3) is 0 Å². The van der Waals surface area contributed by atoms with Crippen molar-refractivity contribution >= 4 is 0 Å². The van der Waals surface area contributed by atoms with Crippen LogP contribution in [0.2, 0.25) is 0 Å². The lowest BCUT2D eigenvalue weighted by Gasteiger charge is -2.53. The molecule has 5 nitrogen and oxygen atoms in total. The minimum absolute atomic E-state index is 0.00791. The van der Waals surface area contributed by atoms with E-state index in [9.17, 15) is 18.4 Å². The molecule has 1 aliphatic carbocycles. The van der Waals surface area contributed by atoms with Gasteiger partial charge in [-0.2, -0.15) is 18.4 Å². The molecule has 4 N–H and O–H groups in total. The number of nitrogens with two attached hydrogens (primary N) is 1. The van der Waals surface area contributed by atoms with E-state index in [0.717, 1.165) is 25.3 Å². The number of ether oxygens (including phenoxy) is 1. The molecule has 27 heavy (non-hydrogen) atoms. The van der Waals surface area contributed by atoms with Crippen molar-refractivity contribution in [3.63, 3.8) is 0 Å². The first kappa shape index (κ1) is 18.1. The topological polar surface area (TPSA) is 83.1 Å². The molecule has 1 saturated carbocycles. The molecular formula is C19H21F3N4O. The number of rotatable bonds is 2. The zero-order valence-electron chi connectivity index (χ0n) is 14.8. The predicted octanol–water partition coefficient (Wildman–Crippen LogP) is 2.91. The maximum atomic E-state index is 13.4. The Morgan fingerprint density at radius 3 is 2.63 bits per heavy atom. The van der Waals surface area contributed by atoms with Crippen LogP contribution in [-0.4, -0.2) is 12.3 Å². The number of nitrogens with one attached hydrogen (secondary N) is 2. The van der Waals surface area contributed by atoms with E-state index >= 15 is 0 Å². The van der Waals surface area contributed by atoms with Gasteiger partial charge in [-0.25, -0.2) is 5.43 Å². The van der Waals surface area contributed by atoms with Crippen LogP contribution in [0, 0.1) is 23.2 Å². The van der Waals surface area contributed by atoms with Gasteiger partial charge in [-0.3, -0.25) is 5.43 Å². The molecule has 3 aliphatic rings. The Morgan fingerprint density at radius 2 is 2.04 bits per heavy atom. The normalized spacial score (nSPS) is 33.8. The van der Waals surface area contributed by atoms with Gasteiger partial charge >= 0.3 is 6.18 Å². The average Bonchev–Trinajstić information content (AvgIpc) is 2.93. The molecule has 144 valence electrons. The van der Waals surface area contributed by atoms with Crippen LogP contribution in [0.4, 0.5) is 13.2 Å². The first-order valence-corrected chi connectivity index (χ1v) is 9.06. The van der Waals surface area contributed by atoms with Crippen molar-refractivity contribution in [2.45, 2.75) is 50.0 Å². The third-order valence-electron chi connectivity index (χ3n) is 6.29. The average molecular weight is 378 g/mol. The summed E-state index contributed by atoms with van der Waals surface area (Å²) in [6, 6.07) is 7.40. The van der Waals surface area contributed by atoms with E-state index in [1.807, 2.05) is 6.92 Å². The van der Waals surface area contributed by atoms with Gasteiger partial charge < -0.3 is 10.5 Å². The van der Waals surface area contributed by atoms with E-state index in [4.69, 9.17) is 10.5 Å². The molecule has 1 saturated heterocycles. The highest BCUT2D eigenvalue weighted by Crippen LogP contribution is 2.58. The summed E-state index contributed by atoms with van der Waals surface area (Å²) in [6.45, 7) is 1.94. The lowest BCUT2D eigenvalue weighted by Crippen LogP contribution is -2.57. The van der Waals surface area contributed by atoms with Crippen molar-refractivity contribution in [2.24, 2.45) is 17.6 Å². The van der Waals surface area contributed by atoms with Gasteiger partial charge in [0.1, 0.15) is 11.6 Å². The van der Waals surface area contributed by atoms with Gasteiger partial charge in [0, 0.05) is 17.4 Å². The highest BCUT2D eigenvalue weighted by atomic mass is 19.4. The Labute approximate surface area is 155 Å². The molecule has 4 atom stereocenters. The molecule has 0 spiro atoms. The molecule has 0 bridgehead atoms. The summed E-state index contributed by atoms with van der Waals surface area (Å²) < 4.78 is 45.9. The van der Waals surface area contributed by atoms with Crippen LogP contribution < -0.4 is 16.6 Å². The number of nitriles is 1. The summed E-state index contributed by atoms with van der Waals surface area (Å²) in [6.07, 6.45) is -2.30. The van der Waals surface area contributed by atoms with E-state index in [-0.39, 0.29) is 29.3 Å². The lowest BCUT2D eigenvalue weighted by molar-refractivity contribution is -0.137. The van der Waals surface area contributed by atoms with Crippen LogP contribution in [-0.2, 0) is 16.3 Å². The summed E-state index contributed by atoms with van der Waals surface area (Å²) in [7, 11) is 0. The minimum Gasteiger partial charge on any atom is -0.458 e. The molecule has 0 radical (unpaired) electrons. The summed E-state index contributed by atoms with van der Waals surface area (Å²) in [5.74, 6) is -0.227. The predicted molar refractivity (Wildman–Crippen MR) is 91.4 cm³/mol. The summed E-state index contributed by atoms with van der Waals surface area (Å²) in [4.78, 5) is 0. The molecule has 0 aromatic heterocycles. The number of fused-ring (bicyclic) bond motifs is 1. The van der Waals surface area contributed by atoms with Crippen molar-refractivity contribution in [3.8, 4) is 6.07 Å². The number of hydrogen-bond donors (Lipinski definition) is 3. The summed E-state index contributed by atoms with van der Waals surface area (Å²) >= 11 is 0. The zero-order valence-corrected chi connectivity index (χ0v) is 14.8. The van der Waals surface area contributed by atoms with Gasteiger partial charge in [0.15, 0.2) is 6.23 Å². The fraction of sp³-hybridized carbons (Fsp3) is 0.526. The van der Waals surface area contributed by atoms with Crippen LogP contribution in [0.3, 0.4) is 0 Å². The Bertz CT molecular complexity index is 827. The molecule has 2 heterocycles. The van der Waals surface area contributed by atoms with Crippen molar-refractivity contribution in [1.29, 1.82) is 5.26 Å². The standard InChI is InChI=1S/C19H21F3N4O/c1-10-15-17(26-25-10)27-16(24)14(9-23)18(15,11-4-2-5-11)12-6-3-7-13(8-12)19(20,21)22/h3,6-8,10-11,15,17,25-26H,2,4-5,24H2,1H3/t10?,15?,17?,18-/m0/s1. The van der Waals surface area contributed by atoms with E-state index in [0.29, 0.717) is 5.56 Å². The van der Waals surface area contributed by atoms with Gasteiger partial charge in [0.2, 0.25) is 5.88 Å². The molecular weight excluding hydrogens is 357 g/mol. The van der Waals surface area contributed by atoms with E-state index < -0.39 is 23.4 Å². The molecule has 8 heteroatoms. The number of alkyl halides is 3. The fourth-order valence-corrected chi connectivity index (χ4v) is 4.97. The number of hydrogen-bond acceptors (Lipinski definition) is 5. The Hall–Kier alpha value is -2.24. The smallest absolute Gasteiger partial charge is 0.416 e. The van der Waals surface area contributed by atoms with Crippen molar-refractivity contribution in [2.75, 3.05) is 0 Å². The largest absolute Gasteiger partial charge is 0.458 e. The highest BCUT2D eigenvalue weighted by Gasteiger charge is 2.61. The third kappa shape index (κ3) is 2.52. The first-order valence-electron chi connectivity index (χ1n) is 9.06. The van der Waals surface area contributed by atoms with Gasteiger partial charge in [-0.15, -0.1) is 0 Å². The summed E-state index contributed by atoms with van der Waals surface area (Å²) in [5.41, 5.74) is 11.3. The highest BCUT2D eigenvalue weighted by molar-refractivity contribution is 5.50. The second kappa shape index (κ2) is 6.14. The second-order valence-corrected chi connectivity index (χ2v) is 7.57. The van der Waals surface area contributed by atoms with Gasteiger partial charge in [-0.1, -0.05) is 24.6 Å². The Balaban J connectivity index is 1.99. The molecule has 1 aromatic rings. The second-order valence-electron chi connectivity index (χ2n) is 7.57. The minimum atomic E-state index is -4.46. The molecule has 2 fully saturated rings. The van der Waals surface area contributed by atoms with Crippen LogP contribution in [0.15, 0.2) is 35.7 Å². The zero-order chi connectivity index (χ0) is 19.4. The number of allylic oxidation sites excluding steroid dienone is 1. The van der Waals surface area contributed by atoms with Crippen molar-refractivity contribution in [1.82, 2.24) is 10.9 Å². The number of halogens is 3. The number of benzene rings is 1. The SMILES string of the molecule is CC1NNC2OC(N)=C(C#N)[C@@](c3cccc(C(F)(F)F)c3)(C3CCC3)C12. The maximum Gasteiger partial charge on any atom is 0.416 e. The van der Waals surface area contributed by atoms with Gasteiger partial charge in [-0.05, 0) is 37.3 Å². The number of nitrogens with zero attached hydrogens (tertiary/aromatic N) is 1. The van der Waals surface area contributed by atoms with Crippen molar-refractivity contribution in [3.05, 3.63) is 46.8 Å². The molecule has 2 aliphatic heterocycles.